The molecule has 1 N–H and O–H groups in total. The van der Waals surface area contributed by atoms with E-state index in [1.165, 1.54) is 9.87 Å². The molecule has 0 spiro atoms. The molecule has 1 aliphatic rings. The van der Waals surface area contributed by atoms with Gasteiger partial charge in [-0.25, -0.2) is 8.42 Å². The number of hydrogen-bond donors (Lipinski definition) is 1. The Morgan fingerprint density at radius 3 is 2.62 bits per heavy atom. The molecule has 0 amide bonds. The van der Waals surface area contributed by atoms with Crippen LogP contribution in [-0.4, -0.2) is 52.1 Å². The van der Waals surface area contributed by atoms with Gasteiger partial charge < -0.3 is 10.1 Å². The van der Waals surface area contributed by atoms with Gasteiger partial charge in [0.2, 0.25) is 10.0 Å². The van der Waals surface area contributed by atoms with Crippen molar-refractivity contribution in [3.8, 4) is 0 Å². The largest absolute Gasteiger partial charge is 0.374 e. The average Bonchev–Trinajstić information content (AvgIpc) is 2.49. The third kappa shape index (κ3) is 4.26. The zero-order chi connectivity index (χ0) is 15.3. The van der Waals surface area contributed by atoms with Gasteiger partial charge in [0, 0.05) is 26.7 Å². The van der Waals surface area contributed by atoms with Crippen molar-refractivity contribution in [3.63, 3.8) is 0 Å². The van der Waals surface area contributed by atoms with Crippen LogP contribution in [0.3, 0.4) is 0 Å². The Morgan fingerprint density at radius 2 is 2.05 bits per heavy atom. The summed E-state index contributed by atoms with van der Waals surface area (Å²) in [6, 6.07) is 7.17. The zero-order valence-corrected chi connectivity index (χ0v) is 13.5. The second-order valence-electron chi connectivity index (χ2n) is 5.38. The molecule has 0 aliphatic carbocycles. The lowest BCUT2D eigenvalue weighted by atomic mass is 10.1. The fraction of sp³-hybridized carbons (Fsp3) is 0.600. The number of nitrogens with zero attached hydrogens (tertiary/aromatic N) is 1. The zero-order valence-electron chi connectivity index (χ0n) is 12.7. The Kier molecular flexibility index (Phi) is 5.75. The monoisotopic (exact) mass is 312 g/mol. The van der Waals surface area contributed by atoms with Gasteiger partial charge in [-0.2, -0.15) is 4.31 Å². The predicted molar refractivity (Wildman–Crippen MR) is 82.9 cm³/mol. The molecule has 0 saturated carbocycles. The van der Waals surface area contributed by atoms with Crippen molar-refractivity contribution in [1.82, 2.24) is 9.62 Å². The summed E-state index contributed by atoms with van der Waals surface area (Å²) in [6.45, 7) is 4.62. The lowest BCUT2D eigenvalue weighted by molar-refractivity contribution is 0.0206. The number of nitrogens with one attached hydrogen (secondary N) is 1. The Bertz CT molecular complexity index is 537. The van der Waals surface area contributed by atoms with Crippen molar-refractivity contribution < 1.29 is 13.2 Å². The Hall–Kier alpha value is -0.950. The molecule has 1 aromatic carbocycles. The first-order chi connectivity index (χ1) is 10.0. The lowest BCUT2D eigenvalue weighted by Gasteiger charge is -2.27. The first-order valence-corrected chi connectivity index (χ1v) is 8.85. The van der Waals surface area contributed by atoms with Crippen LogP contribution in [0.25, 0.3) is 0 Å². The van der Waals surface area contributed by atoms with Gasteiger partial charge in [0.1, 0.15) is 0 Å². The van der Waals surface area contributed by atoms with E-state index in [2.05, 4.69) is 12.2 Å². The molecule has 0 aromatic heterocycles. The van der Waals surface area contributed by atoms with Gasteiger partial charge in [0.15, 0.2) is 0 Å². The van der Waals surface area contributed by atoms with Gasteiger partial charge in [-0.1, -0.05) is 25.5 Å². The van der Waals surface area contributed by atoms with Gasteiger partial charge in [-0.3, -0.25) is 0 Å². The maximum Gasteiger partial charge on any atom is 0.242 e. The molecule has 1 heterocycles. The summed E-state index contributed by atoms with van der Waals surface area (Å²) in [5.74, 6) is 0. The SMILES string of the molecule is CCCc1ccc(S(=O)(=O)N(C)CC2CNCCO2)cc1. The second kappa shape index (κ2) is 7.35. The summed E-state index contributed by atoms with van der Waals surface area (Å²) >= 11 is 0. The highest BCUT2D eigenvalue weighted by atomic mass is 32.2. The van der Waals surface area contributed by atoms with E-state index in [4.69, 9.17) is 4.74 Å². The number of hydrogen-bond acceptors (Lipinski definition) is 4. The van der Waals surface area contributed by atoms with E-state index in [1.807, 2.05) is 12.1 Å². The van der Waals surface area contributed by atoms with Crippen LogP contribution >= 0.6 is 0 Å². The summed E-state index contributed by atoms with van der Waals surface area (Å²) in [5, 5.41) is 3.21. The predicted octanol–water partition coefficient (Wildman–Crippen LogP) is 1.25. The molecule has 1 aromatic rings. The summed E-state index contributed by atoms with van der Waals surface area (Å²) in [7, 11) is -1.84. The molecular formula is C15H24N2O3S. The maximum atomic E-state index is 12.5. The third-order valence-corrected chi connectivity index (χ3v) is 5.47. The van der Waals surface area contributed by atoms with Crippen LogP contribution in [0.15, 0.2) is 29.2 Å². The van der Waals surface area contributed by atoms with E-state index < -0.39 is 10.0 Å². The first kappa shape index (κ1) is 16.4. The quantitative estimate of drug-likeness (QED) is 0.859. The van der Waals surface area contributed by atoms with Gasteiger partial charge in [-0.15, -0.1) is 0 Å². The van der Waals surface area contributed by atoms with Crippen LogP contribution in [0.2, 0.25) is 0 Å². The van der Waals surface area contributed by atoms with E-state index in [0.717, 1.165) is 19.4 Å². The second-order valence-corrected chi connectivity index (χ2v) is 7.42. The van der Waals surface area contributed by atoms with Crippen LogP contribution < -0.4 is 5.32 Å². The summed E-state index contributed by atoms with van der Waals surface area (Å²) in [6.07, 6.45) is 1.94. The van der Waals surface area contributed by atoms with Gasteiger partial charge in [-0.05, 0) is 24.1 Å². The Labute approximate surface area is 127 Å². The van der Waals surface area contributed by atoms with E-state index in [-0.39, 0.29) is 6.10 Å². The minimum atomic E-state index is -3.44. The van der Waals surface area contributed by atoms with Crippen molar-refractivity contribution in [2.24, 2.45) is 0 Å². The fourth-order valence-corrected chi connectivity index (χ4v) is 3.62. The molecule has 6 heteroatoms. The molecule has 1 fully saturated rings. The van der Waals surface area contributed by atoms with Crippen molar-refractivity contribution in [3.05, 3.63) is 29.8 Å². The van der Waals surface area contributed by atoms with Crippen molar-refractivity contribution >= 4 is 10.0 Å². The van der Waals surface area contributed by atoms with Crippen LogP contribution in [0.5, 0.6) is 0 Å². The smallest absolute Gasteiger partial charge is 0.242 e. The molecule has 0 bridgehead atoms. The highest BCUT2D eigenvalue weighted by Crippen LogP contribution is 2.16. The van der Waals surface area contributed by atoms with E-state index in [1.54, 1.807) is 19.2 Å². The molecular weight excluding hydrogens is 288 g/mol. The number of benzene rings is 1. The number of likely N-dealkylation sites (N-methyl/N-ethyl adjacent to an activating group) is 1. The fourth-order valence-electron chi connectivity index (χ4n) is 2.42. The molecule has 1 aliphatic heterocycles. The summed E-state index contributed by atoms with van der Waals surface area (Å²) in [5.41, 5.74) is 1.17. The van der Waals surface area contributed by atoms with Gasteiger partial charge in [0.05, 0.1) is 17.6 Å². The van der Waals surface area contributed by atoms with Crippen LogP contribution in [0, 0.1) is 0 Å². The molecule has 1 atom stereocenters. The normalized spacial score (nSPS) is 19.9. The minimum Gasteiger partial charge on any atom is -0.374 e. The van der Waals surface area contributed by atoms with Crippen molar-refractivity contribution in [2.75, 3.05) is 33.3 Å². The topological polar surface area (TPSA) is 58.6 Å². The van der Waals surface area contributed by atoms with Crippen molar-refractivity contribution in [1.29, 1.82) is 0 Å². The summed E-state index contributed by atoms with van der Waals surface area (Å²) in [4.78, 5) is 0.341. The van der Waals surface area contributed by atoms with E-state index >= 15 is 0 Å². The van der Waals surface area contributed by atoms with Crippen LogP contribution in [0.4, 0.5) is 0 Å². The number of morpholine rings is 1. The standard InChI is InChI=1S/C15H24N2O3S/c1-3-4-13-5-7-15(8-6-13)21(18,19)17(2)12-14-11-16-9-10-20-14/h5-8,14,16H,3-4,9-12H2,1-2H3. The third-order valence-electron chi connectivity index (χ3n) is 3.64. The lowest BCUT2D eigenvalue weighted by Crippen LogP contribution is -2.45. The summed E-state index contributed by atoms with van der Waals surface area (Å²) < 4.78 is 32.0. The minimum absolute atomic E-state index is 0.0853. The molecule has 21 heavy (non-hydrogen) atoms. The van der Waals surface area contributed by atoms with Gasteiger partial charge >= 0.3 is 0 Å². The van der Waals surface area contributed by atoms with Crippen molar-refractivity contribution in [2.45, 2.75) is 30.8 Å². The van der Waals surface area contributed by atoms with Crippen LogP contribution in [-0.2, 0) is 21.2 Å². The highest BCUT2D eigenvalue weighted by Gasteiger charge is 2.25. The molecule has 2 rings (SSSR count). The number of ether oxygens (including phenoxy) is 1. The Morgan fingerprint density at radius 1 is 1.33 bits per heavy atom. The van der Waals surface area contributed by atoms with E-state index in [0.29, 0.717) is 24.6 Å². The van der Waals surface area contributed by atoms with E-state index in [9.17, 15) is 8.42 Å². The molecule has 0 radical (unpaired) electrons. The van der Waals surface area contributed by atoms with Gasteiger partial charge in [0.25, 0.3) is 0 Å². The Balaban J connectivity index is 2.05. The highest BCUT2D eigenvalue weighted by molar-refractivity contribution is 7.89. The molecule has 1 unspecified atom stereocenters. The number of rotatable bonds is 6. The average molecular weight is 312 g/mol. The number of sulfonamides is 1. The molecule has 118 valence electrons. The first-order valence-electron chi connectivity index (χ1n) is 7.41. The number of aryl methyl sites for hydroxylation is 1. The maximum absolute atomic E-state index is 12.5. The van der Waals surface area contributed by atoms with Crippen LogP contribution in [0.1, 0.15) is 18.9 Å². The molecule has 5 nitrogen and oxygen atoms in total. The molecule has 1 saturated heterocycles.